The van der Waals surface area contributed by atoms with E-state index in [0.29, 0.717) is 12.8 Å². The summed E-state index contributed by atoms with van der Waals surface area (Å²) < 4.78 is 17.6. The Kier molecular flexibility index (Phi) is 52.7. The number of carbonyl (C=O) groups is 2. The summed E-state index contributed by atoms with van der Waals surface area (Å²) in [6.07, 6.45) is 63.5. The van der Waals surface area contributed by atoms with E-state index in [-0.39, 0.29) is 19.4 Å². The standard InChI is InChI=1S/C69H121NO10/c1-4-7-10-13-16-19-22-25-26-27-28-29-30-31-32-33-34-35-36-37-38-39-42-45-48-51-54-57-64(74)80-67-66(76)65(75)63(58-71)79-69(67)78-59-60(61(72)55-52-49-46-43-40-23-20-17-14-11-8-5-2)70-68(77)62(73)56-53-50-47-44-41-24-21-18-15-12-9-6-3/h9,12,15-16,18-19,21,24-26,28-29,52,55,60-63,65-67,69,71-73,75-76H,4-8,10-11,13-14,17,20,22-23,27,30-51,53-54,56-59H2,1-3H3,(H,70,77)/b12-9+,18-15+,19-16-,24-21-,26-25-,29-28-,55-52+. The van der Waals surface area contributed by atoms with Crippen LogP contribution < -0.4 is 5.32 Å². The number of nitrogens with one attached hydrogen (secondary N) is 1. The van der Waals surface area contributed by atoms with Gasteiger partial charge in [-0.15, -0.1) is 0 Å². The number of unbranched alkanes of at least 4 members (excludes halogenated alkanes) is 31. The molecule has 1 saturated heterocycles. The molecule has 8 unspecified atom stereocenters. The van der Waals surface area contributed by atoms with Crippen molar-refractivity contribution in [1.82, 2.24) is 5.32 Å². The predicted octanol–water partition coefficient (Wildman–Crippen LogP) is 16.1. The minimum Gasteiger partial charge on any atom is -0.454 e. The van der Waals surface area contributed by atoms with Gasteiger partial charge in [0.15, 0.2) is 12.4 Å². The molecular weight excluding hydrogens is 1000 g/mol. The van der Waals surface area contributed by atoms with Gasteiger partial charge in [-0.2, -0.15) is 0 Å². The van der Waals surface area contributed by atoms with Gasteiger partial charge in [0.2, 0.25) is 5.91 Å². The largest absolute Gasteiger partial charge is 0.454 e. The smallest absolute Gasteiger partial charge is 0.306 e. The second kappa shape index (κ2) is 56.3. The highest BCUT2D eigenvalue weighted by atomic mass is 16.7. The van der Waals surface area contributed by atoms with Crippen LogP contribution in [0.25, 0.3) is 0 Å². The van der Waals surface area contributed by atoms with Crippen molar-refractivity contribution in [2.24, 2.45) is 0 Å². The third-order valence-electron chi connectivity index (χ3n) is 15.1. The van der Waals surface area contributed by atoms with Gasteiger partial charge < -0.3 is 45.1 Å². The number of aliphatic hydroxyl groups excluding tert-OH is 5. The highest BCUT2D eigenvalue weighted by Gasteiger charge is 2.47. The van der Waals surface area contributed by atoms with E-state index < -0.39 is 67.4 Å². The molecule has 0 spiro atoms. The van der Waals surface area contributed by atoms with E-state index in [4.69, 9.17) is 14.2 Å². The first-order valence-electron chi connectivity index (χ1n) is 32.9. The van der Waals surface area contributed by atoms with E-state index in [2.05, 4.69) is 74.7 Å². The summed E-state index contributed by atoms with van der Waals surface area (Å²) in [5.74, 6) is -1.22. The van der Waals surface area contributed by atoms with E-state index in [1.807, 2.05) is 30.4 Å². The highest BCUT2D eigenvalue weighted by Crippen LogP contribution is 2.26. The fourth-order valence-electron chi connectivity index (χ4n) is 9.89. The van der Waals surface area contributed by atoms with Crippen LogP contribution >= 0.6 is 0 Å². The second-order valence-electron chi connectivity index (χ2n) is 22.5. The van der Waals surface area contributed by atoms with Crippen molar-refractivity contribution in [3.05, 3.63) is 85.1 Å². The van der Waals surface area contributed by atoms with Crippen molar-refractivity contribution in [2.45, 2.75) is 327 Å². The van der Waals surface area contributed by atoms with Crippen LogP contribution in [-0.2, 0) is 23.8 Å². The molecule has 0 aromatic rings. The van der Waals surface area contributed by atoms with Crippen molar-refractivity contribution < 1.29 is 49.3 Å². The Bertz CT molecular complexity index is 1620. The number of rotatable bonds is 55. The second-order valence-corrected chi connectivity index (χ2v) is 22.5. The molecule has 0 saturated carbocycles. The number of allylic oxidation sites excluding steroid dienone is 13. The average molecular weight is 1120 g/mol. The van der Waals surface area contributed by atoms with E-state index in [9.17, 15) is 35.1 Å². The maximum absolute atomic E-state index is 13.4. The van der Waals surface area contributed by atoms with E-state index in [1.165, 1.54) is 148 Å². The Balaban J connectivity index is 2.55. The Labute approximate surface area is 489 Å². The van der Waals surface area contributed by atoms with Crippen LogP contribution in [0.2, 0.25) is 0 Å². The fraction of sp³-hybridized carbons (Fsp3) is 0.768. The molecule has 1 aliphatic rings. The number of hydrogen-bond acceptors (Lipinski definition) is 10. The van der Waals surface area contributed by atoms with Gasteiger partial charge in [-0.25, -0.2) is 0 Å². The first-order chi connectivity index (χ1) is 39.2. The van der Waals surface area contributed by atoms with Crippen molar-refractivity contribution >= 4 is 11.9 Å². The number of aliphatic hydroxyl groups is 5. The molecule has 0 aromatic carbocycles. The molecule has 0 aliphatic carbocycles. The van der Waals surface area contributed by atoms with Crippen LogP contribution in [0.4, 0.5) is 0 Å². The monoisotopic (exact) mass is 1120 g/mol. The SMILES string of the molecule is CC/C=C/C=C/C=C\CCCCCCC(O)C(=O)NC(COC1OC(CO)C(O)C(O)C1OC(=O)CCCCCCCCCCCCCCCC/C=C\C/C=C\C/C=C\CCCCC)C(O)/C=C/CCCCCCCCCCCC. The van der Waals surface area contributed by atoms with Crippen LogP contribution in [0.1, 0.15) is 278 Å². The normalized spacial score (nSPS) is 19.3. The third-order valence-corrected chi connectivity index (χ3v) is 15.1. The number of amides is 1. The summed E-state index contributed by atoms with van der Waals surface area (Å²) >= 11 is 0. The predicted molar refractivity (Wildman–Crippen MR) is 333 cm³/mol. The van der Waals surface area contributed by atoms with Crippen molar-refractivity contribution in [2.75, 3.05) is 13.2 Å². The highest BCUT2D eigenvalue weighted by molar-refractivity contribution is 5.80. The summed E-state index contributed by atoms with van der Waals surface area (Å²) in [6, 6.07) is -1.04. The average Bonchev–Trinajstić information content (AvgIpc) is 3.46. The van der Waals surface area contributed by atoms with Crippen LogP contribution in [0.5, 0.6) is 0 Å². The maximum atomic E-state index is 13.4. The molecule has 8 atom stereocenters. The Morgan fingerprint density at radius 1 is 0.512 bits per heavy atom. The number of ether oxygens (including phenoxy) is 3. The summed E-state index contributed by atoms with van der Waals surface area (Å²) in [5.41, 5.74) is 0. The molecule has 462 valence electrons. The molecule has 80 heavy (non-hydrogen) atoms. The fourth-order valence-corrected chi connectivity index (χ4v) is 9.89. The van der Waals surface area contributed by atoms with Gasteiger partial charge in [-0.3, -0.25) is 9.59 Å². The lowest BCUT2D eigenvalue weighted by molar-refractivity contribution is -0.305. The quantitative estimate of drug-likeness (QED) is 0.0149. The molecule has 11 nitrogen and oxygen atoms in total. The van der Waals surface area contributed by atoms with Gasteiger partial charge in [0.25, 0.3) is 0 Å². The van der Waals surface area contributed by atoms with Gasteiger partial charge in [-0.1, -0.05) is 273 Å². The van der Waals surface area contributed by atoms with Crippen LogP contribution in [0, 0.1) is 0 Å². The molecule has 1 rings (SSSR count). The molecule has 1 aliphatic heterocycles. The van der Waals surface area contributed by atoms with E-state index in [1.54, 1.807) is 6.08 Å². The molecular formula is C69H121NO10. The summed E-state index contributed by atoms with van der Waals surface area (Å²) in [7, 11) is 0. The Hall–Kier alpha value is -3.16. The van der Waals surface area contributed by atoms with Gasteiger partial charge in [0.05, 0.1) is 25.4 Å². The first-order valence-corrected chi connectivity index (χ1v) is 32.9. The van der Waals surface area contributed by atoms with Crippen molar-refractivity contribution in [3.63, 3.8) is 0 Å². The van der Waals surface area contributed by atoms with Gasteiger partial charge in [0.1, 0.15) is 24.4 Å². The number of esters is 1. The number of carbonyl (C=O) groups excluding carboxylic acids is 2. The summed E-state index contributed by atoms with van der Waals surface area (Å²) in [6.45, 7) is 5.61. The minimum absolute atomic E-state index is 0.117. The lowest BCUT2D eigenvalue weighted by atomic mass is 9.99. The molecule has 0 aromatic heterocycles. The number of hydrogen-bond donors (Lipinski definition) is 6. The van der Waals surface area contributed by atoms with Gasteiger partial charge >= 0.3 is 5.97 Å². The van der Waals surface area contributed by atoms with Crippen molar-refractivity contribution in [3.8, 4) is 0 Å². The molecule has 1 fully saturated rings. The molecule has 11 heteroatoms. The zero-order valence-electron chi connectivity index (χ0n) is 51.2. The minimum atomic E-state index is -1.62. The maximum Gasteiger partial charge on any atom is 0.306 e. The summed E-state index contributed by atoms with van der Waals surface area (Å²) in [5, 5.41) is 57.0. The molecule has 1 heterocycles. The Morgan fingerprint density at radius 2 is 0.950 bits per heavy atom. The lowest BCUT2D eigenvalue weighted by Crippen LogP contribution is -2.61. The van der Waals surface area contributed by atoms with Gasteiger partial charge in [-0.05, 0) is 83.5 Å². The zero-order valence-corrected chi connectivity index (χ0v) is 51.2. The molecule has 0 radical (unpaired) electrons. The van der Waals surface area contributed by atoms with Crippen LogP contribution in [0.15, 0.2) is 85.1 Å². The molecule has 6 N–H and O–H groups in total. The molecule has 0 bridgehead atoms. The van der Waals surface area contributed by atoms with Crippen molar-refractivity contribution in [1.29, 1.82) is 0 Å². The zero-order chi connectivity index (χ0) is 58.2. The third kappa shape index (κ3) is 43.5. The van der Waals surface area contributed by atoms with Gasteiger partial charge in [0, 0.05) is 6.42 Å². The van der Waals surface area contributed by atoms with E-state index >= 15 is 0 Å². The summed E-state index contributed by atoms with van der Waals surface area (Å²) in [4.78, 5) is 26.5. The Morgan fingerprint density at radius 3 is 1.48 bits per heavy atom. The van der Waals surface area contributed by atoms with Crippen LogP contribution in [0.3, 0.4) is 0 Å². The van der Waals surface area contributed by atoms with Crippen LogP contribution in [-0.4, -0.2) is 99.6 Å². The first kappa shape index (κ1) is 74.9. The van der Waals surface area contributed by atoms with E-state index in [0.717, 1.165) is 83.5 Å². The topological polar surface area (TPSA) is 175 Å². The molecule has 1 amide bonds. The lowest BCUT2D eigenvalue weighted by Gasteiger charge is -2.41.